The Bertz CT molecular complexity index is 919. The van der Waals surface area contributed by atoms with Crippen LogP contribution in [0.25, 0.3) is 0 Å². The first-order valence-corrected chi connectivity index (χ1v) is 11.3. The van der Waals surface area contributed by atoms with Gasteiger partial charge in [0.15, 0.2) is 0 Å². The maximum Gasteiger partial charge on any atom is 0.243 e. The average molecular weight is 420 g/mol. The molecule has 1 saturated carbocycles. The number of likely N-dealkylation sites (N-methyl/N-ethyl adjacent to an activating group) is 1. The van der Waals surface area contributed by atoms with Gasteiger partial charge in [-0.05, 0) is 63.0 Å². The van der Waals surface area contributed by atoms with Gasteiger partial charge in [0.05, 0.1) is 5.92 Å². The summed E-state index contributed by atoms with van der Waals surface area (Å²) < 4.78 is 0. The van der Waals surface area contributed by atoms with Crippen LogP contribution in [0.15, 0.2) is 54.6 Å². The number of hydrogen-bond acceptors (Lipinski definition) is 3. The molecule has 2 amide bonds. The number of piperidine rings is 1. The van der Waals surface area contributed by atoms with Gasteiger partial charge >= 0.3 is 0 Å². The number of carbonyl (C=O) groups excluding carboxylic acids is 2. The van der Waals surface area contributed by atoms with Gasteiger partial charge in [-0.3, -0.25) is 14.5 Å². The third kappa shape index (κ3) is 4.52. The van der Waals surface area contributed by atoms with E-state index in [1.165, 1.54) is 11.1 Å². The Balaban J connectivity index is 1.57. The molecule has 31 heavy (non-hydrogen) atoms. The Labute approximate surface area is 185 Å². The molecule has 1 saturated heterocycles. The number of hydrogen-bond donors (Lipinski definition) is 1. The molecule has 0 spiro atoms. The van der Waals surface area contributed by atoms with E-state index in [1.807, 2.05) is 54.2 Å². The molecule has 2 aromatic rings. The van der Waals surface area contributed by atoms with Gasteiger partial charge in [-0.1, -0.05) is 49.4 Å². The highest BCUT2D eigenvalue weighted by Crippen LogP contribution is 2.43. The van der Waals surface area contributed by atoms with Gasteiger partial charge < -0.3 is 10.2 Å². The lowest BCUT2D eigenvalue weighted by atomic mass is 9.83. The van der Waals surface area contributed by atoms with Crippen LogP contribution in [0.5, 0.6) is 0 Å². The fourth-order valence-corrected chi connectivity index (χ4v) is 4.75. The van der Waals surface area contributed by atoms with Crippen LogP contribution in [0.1, 0.15) is 43.2 Å². The summed E-state index contributed by atoms with van der Waals surface area (Å²) in [5.41, 5.74) is 2.93. The minimum Gasteiger partial charge on any atom is -0.340 e. The van der Waals surface area contributed by atoms with Gasteiger partial charge in [0.25, 0.3) is 0 Å². The van der Waals surface area contributed by atoms with E-state index in [1.54, 1.807) is 0 Å². The Hall–Kier alpha value is -2.66. The standard InChI is InChI=1S/C26H33N3O2/c1-4-19-10-12-20(13-11-19)21-16-22(24(30)27-23-8-6-5-7-9-23)18-29(17-21)25(31)26(14-15-26)28(2)3/h5-13,21-22H,4,14-18H2,1-3H3,(H,27,30). The molecule has 1 N–H and O–H groups in total. The van der Waals surface area contributed by atoms with E-state index in [2.05, 4.69) is 36.5 Å². The highest BCUT2D eigenvalue weighted by molar-refractivity contribution is 5.94. The van der Waals surface area contributed by atoms with Crippen LogP contribution < -0.4 is 5.32 Å². The zero-order valence-electron chi connectivity index (χ0n) is 18.8. The van der Waals surface area contributed by atoms with Gasteiger partial charge in [0.1, 0.15) is 5.54 Å². The second kappa shape index (κ2) is 8.83. The van der Waals surface area contributed by atoms with Crippen LogP contribution in [0.2, 0.25) is 0 Å². The lowest BCUT2D eigenvalue weighted by Crippen LogP contribution is -2.54. The molecule has 5 nitrogen and oxygen atoms in total. The summed E-state index contributed by atoms with van der Waals surface area (Å²) in [5, 5.41) is 3.05. The molecule has 0 bridgehead atoms. The van der Waals surface area contributed by atoms with Crippen LogP contribution in [-0.2, 0) is 16.0 Å². The SMILES string of the molecule is CCc1ccc(C2CC(C(=O)Nc3ccccc3)CN(C(=O)C3(N(C)C)CC3)C2)cc1. The summed E-state index contributed by atoms with van der Waals surface area (Å²) in [4.78, 5) is 30.6. The van der Waals surface area contributed by atoms with Gasteiger partial charge in [-0.2, -0.15) is 0 Å². The summed E-state index contributed by atoms with van der Waals surface area (Å²) in [7, 11) is 3.96. The molecule has 2 aliphatic rings. The van der Waals surface area contributed by atoms with E-state index < -0.39 is 0 Å². The van der Waals surface area contributed by atoms with Crippen LogP contribution in [0.4, 0.5) is 5.69 Å². The maximum atomic E-state index is 13.5. The van der Waals surface area contributed by atoms with Crippen LogP contribution in [0.3, 0.4) is 0 Å². The molecule has 2 aromatic carbocycles. The Morgan fingerprint density at radius 3 is 2.29 bits per heavy atom. The number of aryl methyl sites for hydroxylation is 1. The van der Waals surface area contributed by atoms with E-state index in [0.717, 1.165) is 31.4 Å². The van der Waals surface area contributed by atoms with Crippen molar-refractivity contribution in [3.8, 4) is 0 Å². The third-order valence-electron chi connectivity index (χ3n) is 6.99. The van der Waals surface area contributed by atoms with E-state index in [-0.39, 0.29) is 29.2 Å². The zero-order chi connectivity index (χ0) is 22.0. The number of benzene rings is 2. The van der Waals surface area contributed by atoms with Crippen molar-refractivity contribution >= 4 is 17.5 Å². The number of carbonyl (C=O) groups is 2. The predicted molar refractivity (Wildman–Crippen MR) is 124 cm³/mol. The van der Waals surface area contributed by atoms with Crippen molar-refractivity contribution in [2.24, 2.45) is 5.92 Å². The summed E-state index contributed by atoms with van der Waals surface area (Å²) in [6, 6.07) is 18.2. The van der Waals surface area contributed by atoms with Crippen molar-refractivity contribution in [2.45, 2.75) is 44.1 Å². The minimum atomic E-state index is -0.381. The molecular formula is C26H33N3O2. The van der Waals surface area contributed by atoms with Crippen molar-refractivity contribution in [3.05, 3.63) is 65.7 Å². The highest BCUT2D eigenvalue weighted by Gasteiger charge is 2.54. The number of rotatable bonds is 6. The molecule has 4 rings (SSSR count). The number of amides is 2. The second-order valence-electron chi connectivity index (χ2n) is 9.22. The fourth-order valence-electron chi connectivity index (χ4n) is 4.75. The Morgan fingerprint density at radius 1 is 1.03 bits per heavy atom. The molecule has 0 aromatic heterocycles. The lowest BCUT2D eigenvalue weighted by Gasteiger charge is -2.40. The van der Waals surface area contributed by atoms with E-state index in [4.69, 9.17) is 0 Å². The predicted octanol–water partition coefficient (Wildman–Crippen LogP) is 3.91. The summed E-state index contributed by atoms with van der Waals surface area (Å²) in [6.07, 6.45) is 3.55. The number of nitrogens with one attached hydrogen (secondary N) is 1. The van der Waals surface area contributed by atoms with Crippen molar-refractivity contribution < 1.29 is 9.59 Å². The zero-order valence-corrected chi connectivity index (χ0v) is 18.8. The molecule has 1 aliphatic carbocycles. The summed E-state index contributed by atoms with van der Waals surface area (Å²) >= 11 is 0. The normalized spacial score (nSPS) is 22.3. The summed E-state index contributed by atoms with van der Waals surface area (Å²) in [6.45, 7) is 3.31. The monoisotopic (exact) mass is 419 g/mol. The van der Waals surface area contributed by atoms with Gasteiger partial charge in [0.2, 0.25) is 11.8 Å². The van der Waals surface area contributed by atoms with Crippen molar-refractivity contribution in [1.82, 2.24) is 9.80 Å². The third-order valence-corrected chi connectivity index (χ3v) is 6.99. The van der Waals surface area contributed by atoms with Gasteiger partial charge in [-0.15, -0.1) is 0 Å². The smallest absolute Gasteiger partial charge is 0.243 e. The van der Waals surface area contributed by atoms with Gasteiger partial charge in [-0.25, -0.2) is 0 Å². The minimum absolute atomic E-state index is 0.00595. The maximum absolute atomic E-state index is 13.5. The first-order chi connectivity index (χ1) is 14.9. The summed E-state index contributed by atoms with van der Waals surface area (Å²) in [5.74, 6) is 0.0956. The molecule has 164 valence electrons. The number of nitrogens with zero attached hydrogens (tertiary/aromatic N) is 2. The van der Waals surface area contributed by atoms with Crippen molar-refractivity contribution in [2.75, 3.05) is 32.5 Å². The Morgan fingerprint density at radius 2 is 1.71 bits per heavy atom. The number of para-hydroxylation sites is 1. The number of anilines is 1. The van der Waals surface area contributed by atoms with E-state index >= 15 is 0 Å². The molecule has 1 aliphatic heterocycles. The molecular weight excluding hydrogens is 386 g/mol. The molecule has 2 fully saturated rings. The van der Waals surface area contributed by atoms with Gasteiger partial charge in [0, 0.05) is 24.7 Å². The van der Waals surface area contributed by atoms with E-state index in [9.17, 15) is 9.59 Å². The van der Waals surface area contributed by atoms with Crippen LogP contribution in [0, 0.1) is 5.92 Å². The molecule has 2 atom stereocenters. The van der Waals surface area contributed by atoms with Crippen LogP contribution in [-0.4, -0.2) is 54.3 Å². The highest BCUT2D eigenvalue weighted by atomic mass is 16.2. The molecule has 0 radical (unpaired) electrons. The molecule has 1 heterocycles. The fraction of sp³-hybridized carbons (Fsp3) is 0.462. The molecule has 5 heteroatoms. The van der Waals surface area contributed by atoms with Crippen LogP contribution >= 0.6 is 0 Å². The number of likely N-dealkylation sites (tertiary alicyclic amines) is 1. The first-order valence-electron chi connectivity index (χ1n) is 11.3. The van der Waals surface area contributed by atoms with Crippen molar-refractivity contribution in [3.63, 3.8) is 0 Å². The lowest BCUT2D eigenvalue weighted by molar-refractivity contribution is -0.141. The Kier molecular flexibility index (Phi) is 6.15. The first kappa shape index (κ1) is 21.6. The van der Waals surface area contributed by atoms with Crippen molar-refractivity contribution in [1.29, 1.82) is 0 Å². The topological polar surface area (TPSA) is 52.7 Å². The van der Waals surface area contributed by atoms with E-state index in [0.29, 0.717) is 13.1 Å². The quantitative estimate of drug-likeness (QED) is 0.772. The molecule has 2 unspecified atom stereocenters. The average Bonchev–Trinajstić information content (AvgIpc) is 3.61. The largest absolute Gasteiger partial charge is 0.340 e. The second-order valence-corrected chi connectivity index (χ2v) is 9.22.